The second-order valence-corrected chi connectivity index (χ2v) is 9.87. The molecular formula is C31H23N2OS+. The van der Waals surface area contributed by atoms with Crippen molar-refractivity contribution in [3.8, 4) is 22.0 Å². The molecule has 0 spiro atoms. The number of nitrogens with zero attached hydrogens (tertiary/aromatic N) is 2. The van der Waals surface area contributed by atoms with E-state index in [4.69, 9.17) is 4.74 Å². The highest BCUT2D eigenvalue weighted by molar-refractivity contribution is 7.22. The molecule has 0 aliphatic carbocycles. The summed E-state index contributed by atoms with van der Waals surface area (Å²) in [7, 11) is 3.92. The first-order valence-electron chi connectivity index (χ1n) is 11.7. The van der Waals surface area contributed by atoms with E-state index in [2.05, 4.69) is 119 Å². The van der Waals surface area contributed by atoms with Crippen LogP contribution in [-0.4, -0.2) is 11.7 Å². The monoisotopic (exact) mass is 471 g/mol. The van der Waals surface area contributed by atoms with E-state index in [1.165, 1.54) is 43.1 Å². The van der Waals surface area contributed by atoms with Gasteiger partial charge in [0.05, 0.1) is 29.2 Å². The van der Waals surface area contributed by atoms with Crippen LogP contribution in [0.1, 0.15) is 0 Å². The highest BCUT2D eigenvalue weighted by Gasteiger charge is 2.26. The van der Waals surface area contributed by atoms with Gasteiger partial charge in [0.15, 0.2) is 5.75 Å². The topological polar surface area (TPSA) is 18.0 Å². The zero-order valence-electron chi connectivity index (χ0n) is 19.5. The molecule has 0 unspecified atom stereocenters. The first kappa shape index (κ1) is 20.2. The van der Waals surface area contributed by atoms with Gasteiger partial charge in [-0.05, 0) is 30.3 Å². The predicted octanol–water partition coefficient (Wildman–Crippen LogP) is 7.65. The van der Waals surface area contributed by atoms with E-state index in [9.17, 15) is 0 Å². The Hall–Kier alpha value is -4.15. The molecule has 7 rings (SSSR count). The van der Waals surface area contributed by atoms with Gasteiger partial charge in [-0.15, -0.1) is 11.3 Å². The summed E-state index contributed by atoms with van der Waals surface area (Å²) in [6.45, 7) is 0. The zero-order valence-corrected chi connectivity index (χ0v) is 20.3. The molecule has 0 bridgehead atoms. The van der Waals surface area contributed by atoms with Gasteiger partial charge in [0.1, 0.15) is 11.9 Å². The summed E-state index contributed by atoms with van der Waals surface area (Å²) in [6, 6.07) is 36.8. The maximum absolute atomic E-state index is 5.98. The minimum atomic E-state index is 0.935. The van der Waals surface area contributed by atoms with Crippen LogP contribution in [0.5, 0.6) is 5.75 Å². The molecule has 4 aromatic carbocycles. The Balaban J connectivity index is 1.65. The maximum atomic E-state index is 5.98. The summed E-state index contributed by atoms with van der Waals surface area (Å²) >= 11 is 1.78. The highest BCUT2D eigenvalue weighted by Crippen LogP contribution is 2.44. The van der Waals surface area contributed by atoms with Crippen molar-refractivity contribution in [3.63, 3.8) is 0 Å². The lowest BCUT2D eigenvalue weighted by Gasteiger charge is -2.13. The number of thiophene rings is 1. The summed E-state index contributed by atoms with van der Waals surface area (Å²) in [4.78, 5) is 1.14. The van der Waals surface area contributed by atoms with Gasteiger partial charge in [-0.3, -0.25) is 0 Å². The average Bonchev–Trinajstić information content (AvgIpc) is 3.45. The first-order valence-corrected chi connectivity index (χ1v) is 12.5. The Kier molecular flexibility index (Phi) is 4.45. The van der Waals surface area contributed by atoms with Gasteiger partial charge in [0.25, 0.3) is 0 Å². The Morgan fingerprint density at radius 2 is 1.26 bits per heavy atom. The average molecular weight is 472 g/mol. The van der Waals surface area contributed by atoms with Crippen molar-refractivity contribution in [1.29, 1.82) is 0 Å². The van der Waals surface area contributed by atoms with E-state index in [1.807, 2.05) is 0 Å². The molecule has 0 saturated heterocycles. The van der Waals surface area contributed by atoms with Crippen LogP contribution < -0.4 is 9.30 Å². The molecule has 0 aliphatic heterocycles. The second-order valence-electron chi connectivity index (χ2n) is 8.82. The largest absolute Gasteiger partial charge is 0.494 e. The molecule has 0 saturated carbocycles. The summed E-state index contributed by atoms with van der Waals surface area (Å²) in [5.74, 6) is 0.935. The quantitative estimate of drug-likeness (QED) is 0.242. The molecule has 4 heteroatoms. The third kappa shape index (κ3) is 2.87. The Labute approximate surface area is 207 Å². The van der Waals surface area contributed by atoms with Gasteiger partial charge in [0, 0.05) is 33.0 Å². The van der Waals surface area contributed by atoms with Gasteiger partial charge in [-0.1, -0.05) is 60.7 Å². The lowest BCUT2D eigenvalue weighted by Crippen LogP contribution is -2.32. The van der Waals surface area contributed by atoms with Crippen LogP contribution in [0, 0.1) is 0 Å². The molecule has 0 amide bonds. The number of hydrogen-bond acceptors (Lipinski definition) is 2. The highest BCUT2D eigenvalue weighted by atomic mass is 32.1. The van der Waals surface area contributed by atoms with E-state index < -0.39 is 0 Å². The van der Waals surface area contributed by atoms with Gasteiger partial charge in [-0.25, -0.2) is 0 Å². The van der Waals surface area contributed by atoms with Crippen LogP contribution in [0.4, 0.5) is 0 Å². The molecule has 35 heavy (non-hydrogen) atoms. The van der Waals surface area contributed by atoms with Crippen LogP contribution in [0.3, 0.4) is 0 Å². The third-order valence-electron chi connectivity index (χ3n) is 6.98. The number of fused-ring (bicyclic) bond motifs is 5. The van der Waals surface area contributed by atoms with Crippen molar-refractivity contribution in [3.05, 3.63) is 103 Å². The molecule has 168 valence electrons. The molecule has 0 radical (unpaired) electrons. The number of hydrogen-bond donors (Lipinski definition) is 0. The van der Waals surface area contributed by atoms with Crippen LogP contribution in [-0.2, 0) is 7.05 Å². The van der Waals surface area contributed by atoms with E-state index >= 15 is 0 Å². The predicted molar refractivity (Wildman–Crippen MR) is 147 cm³/mol. The normalized spacial score (nSPS) is 11.7. The number of para-hydroxylation sites is 3. The van der Waals surface area contributed by atoms with Crippen molar-refractivity contribution in [2.45, 2.75) is 0 Å². The van der Waals surface area contributed by atoms with Crippen LogP contribution >= 0.6 is 11.3 Å². The Morgan fingerprint density at radius 3 is 1.94 bits per heavy atom. The maximum Gasteiger partial charge on any atom is 0.228 e. The smallest absolute Gasteiger partial charge is 0.228 e. The minimum absolute atomic E-state index is 0.935. The van der Waals surface area contributed by atoms with Gasteiger partial charge >= 0.3 is 0 Å². The number of methoxy groups -OCH3 is 1. The van der Waals surface area contributed by atoms with Crippen LogP contribution in [0.25, 0.3) is 59.1 Å². The molecule has 3 heterocycles. The summed E-state index contributed by atoms with van der Waals surface area (Å²) in [5.41, 5.74) is 5.91. The van der Waals surface area contributed by atoms with Crippen LogP contribution in [0.15, 0.2) is 103 Å². The lowest BCUT2D eigenvalue weighted by atomic mass is 10.1. The number of aromatic nitrogens is 2. The molecule has 0 fully saturated rings. The number of pyridine rings is 1. The standard InChI is InChI=1S/C31H23N2OS/c1-32-24-15-7-5-13-22(24)27(19-28(32)31-30(34-2)23-14-6-10-18-29(23)35-31)33-25-16-8-3-11-20(25)21-12-4-9-17-26(21)33/h3-19H,1-2H3/q+1. The summed E-state index contributed by atoms with van der Waals surface area (Å²) in [6.07, 6.45) is 0. The van der Waals surface area contributed by atoms with Gasteiger partial charge in [-0.2, -0.15) is 4.57 Å². The first-order chi connectivity index (χ1) is 17.3. The van der Waals surface area contributed by atoms with E-state index in [0.717, 1.165) is 21.7 Å². The second kappa shape index (κ2) is 7.69. The third-order valence-corrected chi connectivity index (χ3v) is 8.16. The Bertz CT molecular complexity index is 1860. The number of benzene rings is 4. The molecule has 3 nitrogen and oxygen atoms in total. The molecule has 3 aromatic heterocycles. The van der Waals surface area contributed by atoms with E-state index in [1.54, 1.807) is 18.4 Å². The van der Waals surface area contributed by atoms with Crippen molar-refractivity contribution in [2.75, 3.05) is 7.11 Å². The SMILES string of the molecule is COc1c(-c2cc(-n3c4ccccc4c4ccccc43)c3ccccc3[n+]2C)sc2ccccc12. The summed E-state index contributed by atoms with van der Waals surface area (Å²) < 4.78 is 11.9. The van der Waals surface area contributed by atoms with Crippen molar-refractivity contribution in [1.82, 2.24) is 4.57 Å². The number of rotatable bonds is 3. The number of aryl methyl sites for hydroxylation is 1. The minimum Gasteiger partial charge on any atom is -0.494 e. The molecule has 0 atom stereocenters. The fraction of sp³-hybridized carbons (Fsp3) is 0.0645. The zero-order chi connectivity index (χ0) is 23.5. The van der Waals surface area contributed by atoms with Crippen molar-refractivity contribution < 1.29 is 9.30 Å². The van der Waals surface area contributed by atoms with E-state index in [-0.39, 0.29) is 0 Å². The molecule has 0 aliphatic rings. The fourth-order valence-electron chi connectivity index (χ4n) is 5.39. The van der Waals surface area contributed by atoms with Crippen LogP contribution in [0.2, 0.25) is 0 Å². The number of ether oxygens (including phenoxy) is 1. The molecular weight excluding hydrogens is 448 g/mol. The summed E-state index contributed by atoms with van der Waals surface area (Å²) in [5, 5.41) is 4.90. The molecule has 0 N–H and O–H groups in total. The lowest BCUT2D eigenvalue weighted by molar-refractivity contribution is -0.633. The van der Waals surface area contributed by atoms with Gasteiger partial charge in [0.2, 0.25) is 11.2 Å². The van der Waals surface area contributed by atoms with Crippen molar-refractivity contribution in [2.24, 2.45) is 7.05 Å². The van der Waals surface area contributed by atoms with Crippen molar-refractivity contribution >= 4 is 54.1 Å². The van der Waals surface area contributed by atoms with Gasteiger partial charge < -0.3 is 9.30 Å². The fourth-order valence-corrected chi connectivity index (χ4v) is 6.62. The van der Waals surface area contributed by atoms with E-state index in [0.29, 0.717) is 0 Å². The molecule has 7 aromatic rings. The Morgan fingerprint density at radius 1 is 0.686 bits per heavy atom.